The molecule has 0 radical (unpaired) electrons. The fourth-order valence-corrected chi connectivity index (χ4v) is 3.95. The van der Waals surface area contributed by atoms with Crippen LogP contribution in [0.15, 0.2) is 64.0 Å². The second-order valence-electron chi connectivity index (χ2n) is 6.21. The van der Waals surface area contributed by atoms with Crippen LogP contribution in [-0.4, -0.2) is 23.0 Å². The van der Waals surface area contributed by atoms with Crippen molar-refractivity contribution in [1.82, 2.24) is 4.98 Å². The minimum atomic E-state index is -0.972. The monoisotopic (exact) mass is 442 g/mol. The Morgan fingerprint density at radius 1 is 1.30 bits per heavy atom. The molecule has 0 bridgehead atoms. The summed E-state index contributed by atoms with van der Waals surface area (Å²) in [6.07, 6.45) is 6.68. The normalized spacial score (nSPS) is 21.0. The molecule has 4 rings (SSSR count). The summed E-state index contributed by atoms with van der Waals surface area (Å²) in [5.74, 6) is -1.94. The first kappa shape index (κ1) is 17.9. The van der Waals surface area contributed by atoms with E-state index >= 15 is 0 Å². The third-order valence-corrected chi connectivity index (χ3v) is 5.54. The summed E-state index contributed by atoms with van der Waals surface area (Å²) in [5, 5.41) is 5.78. The number of thiazole rings is 1. The molecule has 2 unspecified atom stereocenters. The van der Waals surface area contributed by atoms with Gasteiger partial charge in [0.15, 0.2) is 5.92 Å². The van der Waals surface area contributed by atoms with Crippen LogP contribution >= 0.6 is 27.3 Å². The quantitative estimate of drug-likeness (QED) is 0.565. The molecule has 136 valence electrons. The van der Waals surface area contributed by atoms with Crippen molar-refractivity contribution >= 4 is 44.8 Å². The lowest BCUT2D eigenvalue weighted by atomic mass is 9.95. The standard InChI is InChI=1S/C20H15BrN2O3S/c1-11-22-17(10-27-11)12-2-5-15(6-3-12)23-19(24)16-9-13-8-14(21)4-7-18(13)26-20(16)25/h2-10,16,18H,1H3,(H,23,24). The number of carbonyl (C=O) groups excluding carboxylic acids is 2. The number of rotatable bonds is 3. The van der Waals surface area contributed by atoms with Crippen LogP contribution in [0.2, 0.25) is 0 Å². The highest BCUT2D eigenvalue weighted by molar-refractivity contribution is 9.11. The molecular weight excluding hydrogens is 428 g/mol. The van der Waals surface area contributed by atoms with E-state index in [-0.39, 0.29) is 0 Å². The lowest BCUT2D eigenvalue weighted by Crippen LogP contribution is -2.36. The molecule has 0 fully saturated rings. The summed E-state index contributed by atoms with van der Waals surface area (Å²) in [6, 6.07) is 7.38. The average Bonchev–Trinajstić information content (AvgIpc) is 3.08. The van der Waals surface area contributed by atoms with E-state index in [1.807, 2.05) is 36.6 Å². The number of aryl methyl sites for hydroxylation is 1. The van der Waals surface area contributed by atoms with E-state index in [2.05, 4.69) is 26.2 Å². The van der Waals surface area contributed by atoms with Crippen molar-refractivity contribution in [2.24, 2.45) is 5.92 Å². The first-order valence-electron chi connectivity index (χ1n) is 8.30. The summed E-state index contributed by atoms with van der Waals surface area (Å²) >= 11 is 4.98. The smallest absolute Gasteiger partial charge is 0.323 e. The maximum Gasteiger partial charge on any atom is 0.323 e. The average molecular weight is 443 g/mol. The van der Waals surface area contributed by atoms with Crippen molar-refractivity contribution < 1.29 is 14.3 Å². The first-order chi connectivity index (χ1) is 13.0. The van der Waals surface area contributed by atoms with Gasteiger partial charge in [-0.25, -0.2) is 4.98 Å². The predicted molar refractivity (Wildman–Crippen MR) is 109 cm³/mol. The predicted octanol–water partition coefficient (Wildman–Crippen LogP) is 4.37. The van der Waals surface area contributed by atoms with Crippen molar-refractivity contribution in [2.75, 3.05) is 5.32 Å². The number of nitrogens with zero attached hydrogens (tertiary/aromatic N) is 1. The third kappa shape index (κ3) is 3.79. The maximum absolute atomic E-state index is 12.6. The maximum atomic E-state index is 12.6. The van der Waals surface area contributed by atoms with E-state index in [0.717, 1.165) is 26.3 Å². The fraction of sp³-hybridized carbons (Fsp3) is 0.150. The zero-order chi connectivity index (χ0) is 19.0. The number of halogens is 1. The Hall–Kier alpha value is -2.51. The minimum Gasteiger partial charge on any atom is -0.452 e. The molecule has 5 nitrogen and oxygen atoms in total. The molecule has 2 aromatic rings. The molecule has 7 heteroatoms. The van der Waals surface area contributed by atoms with Gasteiger partial charge in [-0.3, -0.25) is 9.59 Å². The Morgan fingerprint density at radius 3 is 2.78 bits per heavy atom. The van der Waals surface area contributed by atoms with Crippen molar-refractivity contribution in [3.05, 3.63) is 69.0 Å². The Balaban J connectivity index is 1.49. The van der Waals surface area contributed by atoms with Crippen LogP contribution in [0.25, 0.3) is 11.3 Å². The van der Waals surface area contributed by atoms with Crippen LogP contribution < -0.4 is 5.32 Å². The number of hydrogen-bond acceptors (Lipinski definition) is 5. The minimum absolute atomic E-state index is 0.415. The Morgan fingerprint density at radius 2 is 2.07 bits per heavy atom. The van der Waals surface area contributed by atoms with Gasteiger partial charge in [0.1, 0.15) is 6.10 Å². The number of benzene rings is 1. The molecule has 27 heavy (non-hydrogen) atoms. The van der Waals surface area contributed by atoms with Gasteiger partial charge in [0.25, 0.3) is 0 Å². The van der Waals surface area contributed by atoms with Crippen molar-refractivity contribution in [2.45, 2.75) is 13.0 Å². The number of anilines is 1. The van der Waals surface area contributed by atoms with E-state index in [4.69, 9.17) is 4.74 Å². The summed E-state index contributed by atoms with van der Waals surface area (Å²) in [5.41, 5.74) is 3.29. The lowest BCUT2D eigenvalue weighted by Gasteiger charge is -2.26. The Bertz CT molecular complexity index is 1000. The third-order valence-electron chi connectivity index (χ3n) is 4.27. The number of allylic oxidation sites excluding steroid dienone is 2. The number of nitrogens with one attached hydrogen (secondary N) is 1. The molecule has 0 saturated heterocycles. The molecule has 1 aliphatic heterocycles. The number of hydrogen-bond donors (Lipinski definition) is 1. The van der Waals surface area contributed by atoms with Gasteiger partial charge in [0, 0.05) is 21.1 Å². The van der Waals surface area contributed by atoms with Gasteiger partial charge in [0.05, 0.1) is 10.7 Å². The van der Waals surface area contributed by atoms with Gasteiger partial charge >= 0.3 is 5.97 Å². The topological polar surface area (TPSA) is 68.3 Å². The second-order valence-corrected chi connectivity index (χ2v) is 8.19. The summed E-state index contributed by atoms with van der Waals surface area (Å²) < 4.78 is 6.23. The van der Waals surface area contributed by atoms with Crippen molar-refractivity contribution in [3.8, 4) is 11.3 Å². The van der Waals surface area contributed by atoms with E-state index in [1.54, 1.807) is 35.6 Å². The van der Waals surface area contributed by atoms with Gasteiger partial charge in [-0.05, 0) is 42.9 Å². The van der Waals surface area contributed by atoms with Gasteiger partial charge < -0.3 is 10.1 Å². The molecular formula is C20H15BrN2O3S. The molecule has 2 aliphatic rings. The Labute approximate surface area is 168 Å². The van der Waals surface area contributed by atoms with Gasteiger partial charge in [0.2, 0.25) is 5.91 Å². The van der Waals surface area contributed by atoms with E-state index in [1.165, 1.54) is 0 Å². The van der Waals surface area contributed by atoms with Crippen molar-refractivity contribution in [1.29, 1.82) is 0 Å². The highest BCUT2D eigenvalue weighted by Crippen LogP contribution is 2.29. The molecule has 2 heterocycles. The number of esters is 1. The molecule has 2 atom stereocenters. The number of amides is 1. The summed E-state index contributed by atoms with van der Waals surface area (Å²) in [7, 11) is 0. The summed E-state index contributed by atoms with van der Waals surface area (Å²) in [6.45, 7) is 1.96. The molecule has 1 aromatic carbocycles. The highest BCUT2D eigenvalue weighted by atomic mass is 79.9. The molecule has 1 N–H and O–H groups in total. The summed E-state index contributed by atoms with van der Waals surface area (Å²) in [4.78, 5) is 29.2. The number of ether oxygens (including phenoxy) is 1. The zero-order valence-electron chi connectivity index (χ0n) is 14.3. The molecule has 1 aromatic heterocycles. The van der Waals surface area contributed by atoms with E-state index in [9.17, 15) is 9.59 Å². The first-order valence-corrected chi connectivity index (χ1v) is 9.98. The number of carbonyl (C=O) groups is 2. The second kappa shape index (κ2) is 7.25. The van der Waals surface area contributed by atoms with Gasteiger partial charge in [-0.2, -0.15) is 0 Å². The van der Waals surface area contributed by atoms with Crippen LogP contribution in [-0.2, 0) is 14.3 Å². The number of fused-ring (bicyclic) bond motifs is 1. The van der Waals surface area contributed by atoms with Crippen LogP contribution in [0.4, 0.5) is 5.69 Å². The van der Waals surface area contributed by atoms with Crippen LogP contribution in [0.3, 0.4) is 0 Å². The lowest BCUT2D eigenvalue weighted by molar-refractivity contribution is -0.152. The van der Waals surface area contributed by atoms with E-state index in [0.29, 0.717) is 5.69 Å². The van der Waals surface area contributed by atoms with Crippen molar-refractivity contribution in [3.63, 3.8) is 0 Å². The van der Waals surface area contributed by atoms with Crippen LogP contribution in [0.5, 0.6) is 0 Å². The molecule has 0 saturated carbocycles. The van der Waals surface area contributed by atoms with Crippen LogP contribution in [0.1, 0.15) is 5.01 Å². The fourth-order valence-electron chi connectivity index (χ4n) is 2.91. The van der Waals surface area contributed by atoms with Gasteiger partial charge in [-0.1, -0.05) is 34.1 Å². The Kier molecular flexibility index (Phi) is 4.80. The van der Waals surface area contributed by atoms with Gasteiger partial charge in [-0.15, -0.1) is 11.3 Å². The highest BCUT2D eigenvalue weighted by Gasteiger charge is 2.34. The zero-order valence-corrected chi connectivity index (χ0v) is 16.7. The molecule has 1 aliphatic carbocycles. The largest absolute Gasteiger partial charge is 0.452 e. The number of aromatic nitrogens is 1. The molecule has 0 spiro atoms. The van der Waals surface area contributed by atoms with Crippen LogP contribution in [0, 0.1) is 12.8 Å². The SMILES string of the molecule is Cc1nc(-c2ccc(NC(=O)C3C=C4C=C(Br)C=CC4OC3=O)cc2)cs1. The molecule has 1 amide bonds. The van der Waals surface area contributed by atoms with E-state index < -0.39 is 23.9 Å².